The van der Waals surface area contributed by atoms with E-state index in [4.69, 9.17) is 4.74 Å². The third kappa shape index (κ3) is 2.48. The van der Waals surface area contributed by atoms with E-state index in [1.165, 1.54) is 38.5 Å². The molecule has 0 radical (unpaired) electrons. The molecule has 0 aromatic rings. The SMILES string of the molecule is C=C(C)C(=O)OC(CC)(CC)C12CC3CC(C)(CC(C)(C3)C1)C2. The molecule has 0 aromatic carbocycles. The van der Waals surface area contributed by atoms with E-state index in [9.17, 15) is 4.79 Å². The molecule has 0 saturated heterocycles. The predicted octanol–water partition coefficient (Wildman–Crippen LogP) is 5.66. The van der Waals surface area contributed by atoms with Crippen LogP contribution >= 0.6 is 0 Å². The minimum Gasteiger partial charge on any atom is -0.455 e. The third-order valence-corrected chi connectivity index (χ3v) is 7.37. The lowest BCUT2D eigenvalue weighted by atomic mass is 9.37. The normalized spacial score (nSPS) is 41.9. The van der Waals surface area contributed by atoms with Gasteiger partial charge in [0, 0.05) is 11.0 Å². The van der Waals surface area contributed by atoms with Gasteiger partial charge < -0.3 is 4.74 Å². The molecule has 23 heavy (non-hydrogen) atoms. The van der Waals surface area contributed by atoms with Gasteiger partial charge in [-0.2, -0.15) is 0 Å². The van der Waals surface area contributed by atoms with E-state index < -0.39 is 0 Å². The zero-order valence-electron chi connectivity index (χ0n) is 15.8. The summed E-state index contributed by atoms with van der Waals surface area (Å²) in [6.45, 7) is 15.0. The van der Waals surface area contributed by atoms with Gasteiger partial charge in [0.1, 0.15) is 5.60 Å². The van der Waals surface area contributed by atoms with Gasteiger partial charge in [-0.25, -0.2) is 4.79 Å². The Labute approximate surface area is 142 Å². The molecular weight excluding hydrogens is 284 g/mol. The van der Waals surface area contributed by atoms with E-state index in [2.05, 4.69) is 34.3 Å². The van der Waals surface area contributed by atoms with Crippen LogP contribution in [-0.2, 0) is 9.53 Å². The molecule has 0 spiro atoms. The fourth-order valence-corrected chi connectivity index (χ4v) is 7.47. The molecule has 2 nitrogen and oxygen atoms in total. The molecule has 4 aliphatic rings. The highest BCUT2D eigenvalue weighted by atomic mass is 16.6. The molecular formula is C21H34O2. The average Bonchev–Trinajstić information content (AvgIpc) is 2.40. The summed E-state index contributed by atoms with van der Waals surface area (Å²) in [5.74, 6) is 0.627. The number of hydrogen-bond donors (Lipinski definition) is 0. The van der Waals surface area contributed by atoms with Crippen LogP contribution < -0.4 is 0 Å². The van der Waals surface area contributed by atoms with Crippen LogP contribution in [0.25, 0.3) is 0 Å². The van der Waals surface area contributed by atoms with E-state index in [1.807, 2.05) is 0 Å². The lowest BCUT2D eigenvalue weighted by molar-refractivity contribution is -0.239. The fourth-order valence-electron chi connectivity index (χ4n) is 7.47. The second kappa shape index (κ2) is 5.10. The Morgan fingerprint density at radius 1 is 1.09 bits per heavy atom. The largest absolute Gasteiger partial charge is 0.455 e. The highest BCUT2D eigenvalue weighted by molar-refractivity contribution is 5.87. The van der Waals surface area contributed by atoms with E-state index >= 15 is 0 Å². The van der Waals surface area contributed by atoms with Crippen molar-refractivity contribution in [2.24, 2.45) is 22.2 Å². The number of carbonyl (C=O) groups excluding carboxylic acids is 1. The number of hydrogen-bond acceptors (Lipinski definition) is 2. The molecule has 4 fully saturated rings. The van der Waals surface area contributed by atoms with E-state index in [-0.39, 0.29) is 17.0 Å². The molecule has 0 heterocycles. The summed E-state index contributed by atoms with van der Waals surface area (Å²) >= 11 is 0. The quantitative estimate of drug-likeness (QED) is 0.483. The van der Waals surface area contributed by atoms with Crippen LogP contribution in [0.3, 0.4) is 0 Å². The lowest BCUT2D eigenvalue weighted by Crippen LogP contribution is -2.64. The van der Waals surface area contributed by atoms with Crippen molar-refractivity contribution in [1.29, 1.82) is 0 Å². The first-order valence-corrected chi connectivity index (χ1v) is 9.49. The fraction of sp³-hybridized carbons (Fsp3) is 0.857. The smallest absolute Gasteiger partial charge is 0.333 e. The maximum absolute atomic E-state index is 12.4. The zero-order chi connectivity index (χ0) is 17.1. The minimum atomic E-state index is -0.314. The minimum absolute atomic E-state index is 0.171. The number of esters is 1. The second-order valence-electron chi connectivity index (χ2n) is 9.78. The van der Waals surface area contributed by atoms with Gasteiger partial charge in [0.05, 0.1) is 0 Å². The first-order valence-electron chi connectivity index (χ1n) is 9.49. The summed E-state index contributed by atoms with van der Waals surface area (Å²) in [7, 11) is 0. The van der Waals surface area contributed by atoms with Crippen LogP contribution in [0.4, 0.5) is 0 Å². The van der Waals surface area contributed by atoms with Gasteiger partial charge in [0.15, 0.2) is 0 Å². The summed E-state index contributed by atoms with van der Waals surface area (Å²) in [5, 5.41) is 0. The van der Waals surface area contributed by atoms with Crippen molar-refractivity contribution in [1.82, 2.24) is 0 Å². The second-order valence-corrected chi connectivity index (χ2v) is 9.78. The molecule has 130 valence electrons. The Kier molecular flexibility index (Phi) is 3.78. The van der Waals surface area contributed by atoms with Crippen molar-refractivity contribution in [3.05, 3.63) is 12.2 Å². The Balaban J connectivity index is 2.02. The van der Waals surface area contributed by atoms with Crippen LogP contribution in [0.1, 0.15) is 86.0 Å². The van der Waals surface area contributed by atoms with Gasteiger partial charge in [-0.1, -0.05) is 34.3 Å². The van der Waals surface area contributed by atoms with Crippen molar-refractivity contribution in [3.63, 3.8) is 0 Å². The molecule has 0 aliphatic heterocycles. The Morgan fingerprint density at radius 3 is 2.00 bits per heavy atom. The molecule has 4 bridgehead atoms. The summed E-state index contributed by atoms with van der Waals surface area (Å²) in [5.41, 5.74) is 1.27. The Hall–Kier alpha value is -0.790. The molecule has 0 amide bonds. The van der Waals surface area contributed by atoms with Crippen molar-refractivity contribution in [3.8, 4) is 0 Å². The van der Waals surface area contributed by atoms with Crippen molar-refractivity contribution in [2.45, 2.75) is 91.6 Å². The van der Waals surface area contributed by atoms with Crippen LogP contribution in [0, 0.1) is 22.2 Å². The summed E-state index contributed by atoms with van der Waals surface area (Å²) < 4.78 is 6.23. The standard InChI is InChI=1S/C21H34O2/c1-7-21(8-2,23-17(22)15(3)4)20-11-16-9-18(5,13-20)12-19(6,10-16)14-20/h16H,3,7-14H2,1-2,4-6H3. The molecule has 0 N–H and O–H groups in total. The molecule has 2 unspecified atom stereocenters. The summed E-state index contributed by atoms with van der Waals surface area (Å²) in [6.07, 6.45) is 9.67. The maximum atomic E-state index is 12.4. The first kappa shape index (κ1) is 17.0. The lowest BCUT2D eigenvalue weighted by Gasteiger charge is -2.69. The van der Waals surface area contributed by atoms with E-state index in [0.717, 1.165) is 18.8 Å². The van der Waals surface area contributed by atoms with E-state index in [1.54, 1.807) is 6.92 Å². The zero-order valence-corrected chi connectivity index (χ0v) is 15.8. The predicted molar refractivity (Wildman–Crippen MR) is 94.1 cm³/mol. The Morgan fingerprint density at radius 2 is 1.61 bits per heavy atom. The highest BCUT2D eigenvalue weighted by Crippen LogP contribution is 2.73. The first-order chi connectivity index (χ1) is 10.6. The van der Waals surface area contributed by atoms with Crippen LogP contribution in [-0.4, -0.2) is 11.6 Å². The molecule has 2 heteroatoms. The summed E-state index contributed by atoms with van der Waals surface area (Å²) in [4.78, 5) is 12.4. The molecule has 0 aromatic heterocycles. The summed E-state index contributed by atoms with van der Waals surface area (Å²) in [6, 6.07) is 0. The van der Waals surface area contributed by atoms with E-state index in [0.29, 0.717) is 16.4 Å². The van der Waals surface area contributed by atoms with Gasteiger partial charge in [-0.15, -0.1) is 0 Å². The molecule has 4 aliphatic carbocycles. The van der Waals surface area contributed by atoms with Crippen LogP contribution in [0.5, 0.6) is 0 Å². The third-order valence-electron chi connectivity index (χ3n) is 7.37. The average molecular weight is 319 g/mol. The topological polar surface area (TPSA) is 26.3 Å². The van der Waals surface area contributed by atoms with Gasteiger partial charge in [0.2, 0.25) is 0 Å². The van der Waals surface area contributed by atoms with Crippen molar-refractivity contribution >= 4 is 5.97 Å². The molecule has 4 saturated carbocycles. The maximum Gasteiger partial charge on any atom is 0.333 e. The number of ether oxygens (including phenoxy) is 1. The van der Waals surface area contributed by atoms with Gasteiger partial charge in [-0.3, -0.25) is 0 Å². The van der Waals surface area contributed by atoms with Crippen LogP contribution in [0.15, 0.2) is 12.2 Å². The van der Waals surface area contributed by atoms with Gasteiger partial charge in [-0.05, 0) is 75.0 Å². The highest BCUT2D eigenvalue weighted by Gasteiger charge is 2.66. The van der Waals surface area contributed by atoms with Gasteiger partial charge in [0.25, 0.3) is 0 Å². The number of carbonyl (C=O) groups is 1. The Bertz CT molecular complexity index is 510. The molecule has 4 rings (SSSR count). The van der Waals surface area contributed by atoms with Crippen molar-refractivity contribution < 1.29 is 9.53 Å². The number of rotatable bonds is 5. The van der Waals surface area contributed by atoms with Gasteiger partial charge >= 0.3 is 5.97 Å². The van der Waals surface area contributed by atoms with Crippen LogP contribution in [0.2, 0.25) is 0 Å². The van der Waals surface area contributed by atoms with Crippen molar-refractivity contribution in [2.75, 3.05) is 0 Å². The molecule has 2 atom stereocenters. The monoisotopic (exact) mass is 318 g/mol.